The van der Waals surface area contributed by atoms with E-state index < -0.39 is 0 Å². The Labute approximate surface area is 225 Å². The number of phenols is 1. The summed E-state index contributed by atoms with van der Waals surface area (Å²) in [7, 11) is 1.80. The van der Waals surface area contributed by atoms with Gasteiger partial charge in [-0.15, -0.1) is 0 Å². The van der Waals surface area contributed by atoms with Crippen LogP contribution in [0.4, 0.5) is 11.4 Å². The molecule has 0 heterocycles. The minimum atomic E-state index is 0.0469. The first kappa shape index (κ1) is 28.2. The number of phenolic OH excluding ortho intramolecular Hbond substituents is 1. The first-order valence-electron chi connectivity index (χ1n) is 13.1. The molecule has 38 heavy (non-hydrogen) atoms. The molecule has 1 amide bonds. The average Bonchev–Trinajstić information content (AvgIpc) is 2.96. The largest absolute Gasteiger partial charge is 0.506 e. The lowest BCUT2D eigenvalue weighted by atomic mass is 10.0. The molecule has 0 unspecified atom stereocenters. The van der Waals surface area contributed by atoms with Crippen LogP contribution in [0.15, 0.2) is 103 Å². The van der Waals surface area contributed by atoms with E-state index >= 15 is 0 Å². The van der Waals surface area contributed by atoms with Crippen molar-refractivity contribution in [1.82, 2.24) is 0 Å². The van der Waals surface area contributed by atoms with Crippen LogP contribution in [0.3, 0.4) is 0 Å². The van der Waals surface area contributed by atoms with Crippen molar-refractivity contribution in [3.05, 3.63) is 103 Å². The Morgan fingerprint density at radius 2 is 1.32 bits per heavy atom. The summed E-state index contributed by atoms with van der Waals surface area (Å²) in [5.74, 6) is 0.322. The lowest BCUT2D eigenvalue weighted by Gasteiger charge is -2.08. The number of anilines is 2. The van der Waals surface area contributed by atoms with Gasteiger partial charge in [-0.25, -0.2) is 0 Å². The second-order valence-corrected chi connectivity index (χ2v) is 8.96. The zero-order chi connectivity index (χ0) is 27.0. The molecule has 0 spiro atoms. The highest BCUT2D eigenvalue weighted by molar-refractivity contribution is 5.91. The molecule has 0 radical (unpaired) electrons. The van der Waals surface area contributed by atoms with Gasteiger partial charge in [0, 0.05) is 25.6 Å². The Morgan fingerprint density at radius 1 is 0.711 bits per heavy atom. The number of unbranched alkanes of at least 4 members (excludes halogenated alkanes) is 4. The number of carbonyl (C=O) groups excluding carboxylic acids is 2. The topological polar surface area (TPSA) is 78.4 Å². The zero-order valence-corrected chi connectivity index (χ0v) is 21.9. The van der Waals surface area contributed by atoms with Crippen LogP contribution >= 0.6 is 0 Å². The maximum absolute atomic E-state index is 12.0. The molecule has 0 aliphatic carbocycles. The molecule has 0 aliphatic heterocycles. The number of hydrogen-bond donors (Lipinski definition) is 3. The highest BCUT2D eigenvalue weighted by atomic mass is 16.3. The van der Waals surface area contributed by atoms with E-state index in [9.17, 15) is 14.7 Å². The fourth-order valence-corrected chi connectivity index (χ4v) is 4.04. The Kier molecular flexibility index (Phi) is 11.6. The Bertz CT molecular complexity index is 1270. The molecule has 4 aromatic carbocycles. The van der Waals surface area contributed by atoms with Crippen molar-refractivity contribution in [2.24, 2.45) is 0 Å². The molecule has 0 bridgehead atoms. The van der Waals surface area contributed by atoms with Gasteiger partial charge >= 0.3 is 0 Å². The van der Waals surface area contributed by atoms with Gasteiger partial charge in [0.2, 0.25) is 5.91 Å². The molecule has 0 saturated carbocycles. The highest BCUT2D eigenvalue weighted by Gasteiger charge is 2.04. The fourth-order valence-electron chi connectivity index (χ4n) is 4.04. The summed E-state index contributed by atoms with van der Waals surface area (Å²) >= 11 is 0. The van der Waals surface area contributed by atoms with Crippen LogP contribution in [0.25, 0.3) is 22.3 Å². The van der Waals surface area contributed by atoms with Crippen molar-refractivity contribution in [2.45, 2.75) is 38.5 Å². The third-order valence-corrected chi connectivity index (χ3v) is 6.10. The van der Waals surface area contributed by atoms with Crippen LogP contribution in [0, 0.1) is 0 Å². The molecule has 0 aromatic heterocycles. The monoisotopic (exact) mass is 508 g/mol. The first-order chi connectivity index (χ1) is 18.6. The van der Waals surface area contributed by atoms with Crippen molar-refractivity contribution in [2.75, 3.05) is 17.7 Å². The lowest BCUT2D eigenvalue weighted by Crippen LogP contribution is -2.11. The van der Waals surface area contributed by atoms with E-state index in [1.807, 2.05) is 84.9 Å². The van der Waals surface area contributed by atoms with Gasteiger partial charge in [0.25, 0.3) is 0 Å². The average molecular weight is 509 g/mol. The van der Waals surface area contributed by atoms with E-state index in [2.05, 4.69) is 22.8 Å². The molecule has 4 rings (SSSR count). The molecule has 5 nitrogen and oxygen atoms in total. The Hall–Kier alpha value is -4.38. The number of aromatic hydroxyl groups is 1. The molecule has 0 fully saturated rings. The van der Waals surface area contributed by atoms with E-state index in [1.54, 1.807) is 13.1 Å². The number of aldehydes is 1. The lowest BCUT2D eigenvalue weighted by molar-refractivity contribution is -0.116. The van der Waals surface area contributed by atoms with Crippen LogP contribution in [-0.4, -0.2) is 24.3 Å². The standard InChI is InChI=1S/C20H23NO2.C13H13NO/c22-15-8-3-1-2-7-14-20(23)21-19-13-9-12-18(16-19)17-10-5-4-6-11-17;1-14-12-9-11(7-8-13(12)15)10-5-3-2-4-6-10/h4-6,9-13,15-16H,1-3,7-8,14H2,(H,21,23);2-9,14-15H,1H3. The molecule has 0 atom stereocenters. The van der Waals surface area contributed by atoms with Crippen LogP contribution in [0.2, 0.25) is 0 Å². The predicted molar refractivity (Wildman–Crippen MR) is 157 cm³/mol. The van der Waals surface area contributed by atoms with E-state index in [1.165, 1.54) is 0 Å². The van der Waals surface area contributed by atoms with Crippen molar-refractivity contribution in [1.29, 1.82) is 0 Å². The molecular formula is C33H36N2O3. The van der Waals surface area contributed by atoms with Crippen molar-refractivity contribution < 1.29 is 14.7 Å². The van der Waals surface area contributed by atoms with Gasteiger partial charge in [-0.1, -0.05) is 91.7 Å². The van der Waals surface area contributed by atoms with E-state index in [-0.39, 0.29) is 11.7 Å². The molecule has 0 aliphatic rings. The van der Waals surface area contributed by atoms with E-state index in [0.29, 0.717) is 12.8 Å². The number of amides is 1. The highest BCUT2D eigenvalue weighted by Crippen LogP contribution is 2.29. The first-order valence-corrected chi connectivity index (χ1v) is 13.1. The summed E-state index contributed by atoms with van der Waals surface area (Å²) in [4.78, 5) is 22.2. The van der Waals surface area contributed by atoms with Crippen LogP contribution in [0.5, 0.6) is 5.75 Å². The molecule has 3 N–H and O–H groups in total. The zero-order valence-electron chi connectivity index (χ0n) is 21.9. The number of hydrogen-bond acceptors (Lipinski definition) is 4. The molecule has 0 saturated heterocycles. The van der Waals surface area contributed by atoms with Gasteiger partial charge < -0.3 is 20.5 Å². The van der Waals surface area contributed by atoms with Crippen molar-refractivity contribution in [3.63, 3.8) is 0 Å². The summed E-state index contributed by atoms with van der Waals surface area (Å²) in [5, 5.41) is 15.4. The summed E-state index contributed by atoms with van der Waals surface area (Å²) in [6, 6.07) is 33.6. The minimum Gasteiger partial charge on any atom is -0.506 e. The van der Waals surface area contributed by atoms with E-state index in [0.717, 1.165) is 65.6 Å². The SMILES string of the molecule is CNc1cc(-c2ccccc2)ccc1O.O=CCCCCCCC(=O)Nc1cccc(-c2ccccc2)c1. The second-order valence-electron chi connectivity index (χ2n) is 8.96. The Balaban J connectivity index is 0.000000230. The van der Waals surface area contributed by atoms with Crippen LogP contribution < -0.4 is 10.6 Å². The molecular weight excluding hydrogens is 472 g/mol. The fraction of sp³-hybridized carbons (Fsp3) is 0.212. The van der Waals surface area contributed by atoms with Gasteiger partial charge in [0.05, 0.1) is 5.69 Å². The van der Waals surface area contributed by atoms with Crippen LogP contribution in [0.1, 0.15) is 38.5 Å². The number of carbonyl (C=O) groups is 2. The van der Waals surface area contributed by atoms with Gasteiger partial charge in [0.1, 0.15) is 12.0 Å². The van der Waals surface area contributed by atoms with E-state index in [4.69, 9.17) is 0 Å². The summed E-state index contributed by atoms with van der Waals surface area (Å²) in [5.41, 5.74) is 6.05. The molecule has 5 heteroatoms. The summed E-state index contributed by atoms with van der Waals surface area (Å²) in [6.07, 6.45) is 5.88. The number of rotatable bonds is 11. The third kappa shape index (κ3) is 9.25. The predicted octanol–water partition coefficient (Wildman–Crippen LogP) is 7.93. The normalized spacial score (nSPS) is 10.1. The minimum absolute atomic E-state index is 0.0469. The van der Waals surface area contributed by atoms with Gasteiger partial charge in [-0.05, 0) is 59.4 Å². The maximum atomic E-state index is 12.0. The number of nitrogens with one attached hydrogen (secondary N) is 2. The smallest absolute Gasteiger partial charge is 0.224 e. The number of benzene rings is 4. The second kappa shape index (κ2) is 15.7. The molecule has 196 valence electrons. The van der Waals surface area contributed by atoms with Gasteiger partial charge in [-0.2, -0.15) is 0 Å². The Morgan fingerprint density at radius 3 is 1.95 bits per heavy atom. The maximum Gasteiger partial charge on any atom is 0.224 e. The quantitative estimate of drug-likeness (QED) is 0.109. The van der Waals surface area contributed by atoms with Gasteiger partial charge in [-0.3, -0.25) is 4.79 Å². The summed E-state index contributed by atoms with van der Waals surface area (Å²) < 4.78 is 0. The van der Waals surface area contributed by atoms with Crippen molar-refractivity contribution in [3.8, 4) is 28.0 Å². The summed E-state index contributed by atoms with van der Waals surface area (Å²) in [6.45, 7) is 0. The van der Waals surface area contributed by atoms with Crippen LogP contribution in [-0.2, 0) is 9.59 Å². The third-order valence-electron chi connectivity index (χ3n) is 6.10. The van der Waals surface area contributed by atoms with Gasteiger partial charge in [0.15, 0.2) is 0 Å². The molecule has 4 aromatic rings. The van der Waals surface area contributed by atoms with Crippen molar-refractivity contribution >= 4 is 23.6 Å².